The number of carbonyl (C=O) groups excluding carboxylic acids is 1. The van der Waals surface area contributed by atoms with Gasteiger partial charge in [0.15, 0.2) is 11.9 Å². The van der Waals surface area contributed by atoms with Gasteiger partial charge in [0.25, 0.3) is 0 Å². The van der Waals surface area contributed by atoms with E-state index >= 15 is 0 Å². The summed E-state index contributed by atoms with van der Waals surface area (Å²) in [6.07, 6.45) is 0.596. The average molecular weight is 449 g/mol. The number of hydrogen-bond donors (Lipinski definition) is 1. The number of benzene rings is 1. The maximum absolute atomic E-state index is 12.8. The quantitative estimate of drug-likeness (QED) is 0.391. The van der Waals surface area contributed by atoms with Gasteiger partial charge in [-0.15, -0.1) is 11.3 Å². The minimum absolute atomic E-state index is 0.334. The summed E-state index contributed by atoms with van der Waals surface area (Å²) in [5.74, 6) is -0.904. The van der Waals surface area contributed by atoms with Crippen molar-refractivity contribution < 1.29 is 32.4 Å². The Bertz CT molecular complexity index is 995. The summed E-state index contributed by atoms with van der Waals surface area (Å²) in [5.41, 5.74) is 1.36. The van der Waals surface area contributed by atoms with E-state index in [1.165, 1.54) is 11.3 Å². The highest BCUT2D eigenvalue weighted by molar-refractivity contribution is 7.51. The van der Waals surface area contributed by atoms with Crippen LogP contribution in [0.4, 0.5) is 0 Å². The van der Waals surface area contributed by atoms with Crippen molar-refractivity contribution in [3.8, 4) is 5.06 Å². The summed E-state index contributed by atoms with van der Waals surface area (Å²) in [6, 6.07) is 7.52. The lowest BCUT2D eigenvalue weighted by atomic mass is 10.0. The molecule has 152 valence electrons. The molecular formula is C18H21ClNO6PS. The molecule has 10 heteroatoms. The zero-order valence-electron chi connectivity index (χ0n) is 18.0. The first-order chi connectivity index (χ1) is 14.4. The van der Waals surface area contributed by atoms with E-state index in [0.717, 1.165) is 17.1 Å². The second-order valence-corrected chi connectivity index (χ2v) is 9.64. The lowest BCUT2D eigenvalue weighted by Crippen LogP contribution is -2.38. The molecule has 0 fully saturated rings. The second kappa shape index (κ2) is 8.95. The highest BCUT2D eigenvalue weighted by atomic mass is 35.5. The SMILES string of the molecule is [2H]C([2H])([2H])OC(=O)[C@H](c1ccccc1Cl)N1CCc2sc(OCOP(C)(=O)O)cc2C1. The third-order valence-corrected chi connectivity index (χ3v) is 6.33. The van der Waals surface area contributed by atoms with Crippen LogP contribution in [0.5, 0.6) is 5.06 Å². The number of fused-ring (bicyclic) bond motifs is 1. The minimum atomic E-state index is -3.64. The van der Waals surface area contributed by atoms with Crippen LogP contribution < -0.4 is 4.74 Å². The summed E-state index contributed by atoms with van der Waals surface area (Å²) in [5, 5.41) is 0.847. The van der Waals surface area contributed by atoms with Crippen LogP contribution in [0.3, 0.4) is 0 Å². The van der Waals surface area contributed by atoms with Gasteiger partial charge in [0.2, 0.25) is 0 Å². The van der Waals surface area contributed by atoms with Gasteiger partial charge in [-0.2, -0.15) is 0 Å². The Balaban J connectivity index is 1.80. The van der Waals surface area contributed by atoms with E-state index < -0.39 is 26.6 Å². The number of carbonyl (C=O) groups is 1. The molecule has 1 aromatic heterocycles. The standard InChI is InChI=1S/C18H21ClNO6PS/c1-24-18(21)17(13-5-3-4-6-14(13)19)20-8-7-15-12(10-20)9-16(28-15)25-11-26-27(2,22)23/h3-6,9,17H,7-8,10-11H2,1-2H3,(H,22,23)/t17-/m0/s1/i1D3. The minimum Gasteiger partial charge on any atom is -0.468 e. The smallest absolute Gasteiger partial charge is 0.327 e. The Labute approximate surface area is 176 Å². The zero-order chi connectivity index (χ0) is 22.8. The van der Waals surface area contributed by atoms with Gasteiger partial charge in [0, 0.05) is 29.7 Å². The molecule has 0 spiro atoms. The Morgan fingerprint density at radius 3 is 3.00 bits per heavy atom. The number of halogens is 1. The summed E-state index contributed by atoms with van der Waals surface area (Å²) >= 11 is 7.69. The molecular weight excluding hydrogens is 425 g/mol. The van der Waals surface area contributed by atoms with E-state index in [9.17, 15) is 14.3 Å². The molecule has 1 aliphatic heterocycles. The Kier molecular flexibility index (Phi) is 5.57. The van der Waals surface area contributed by atoms with Crippen LogP contribution in [0.25, 0.3) is 0 Å². The second-order valence-electron chi connectivity index (χ2n) is 6.27. The molecule has 2 heterocycles. The molecule has 0 radical (unpaired) electrons. The number of esters is 1. The van der Waals surface area contributed by atoms with Crippen molar-refractivity contribution >= 4 is 36.5 Å². The third kappa shape index (κ3) is 5.14. The van der Waals surface area contributed by atoms with E-state index in [-0.39, 0.29) is 6.79 Å². The first kappa shape index (κ1) is 17.4. The van der Waals surface area contributed by atoms with E-state index in [1.54, 1.807) is 35.2 Å². The zero-order valence-corrected chi connectivity index (χ0v) is 17.4. The number of nitrogens with zero attached hydrogens (tertiary/aromatic N) is 1. The highest BCUT2D eigenvalue weighted by Gasteiger charge is 2.33. The van der Waals surface area contributed by atoms with Crippen molar-refractivity contribution in [3.63, 3.8) is 0 Å². The van der Waals surface area contributed by atoms with Crippen LogP contribution >= 0.6 is 30.5 Å². The summed E-state index contributed by atoms with van der Waals surface area (Å²) < 4.78 is 47.9. The fourth-order valence-electron chi connectivity index (χ4n) is 3.03. The first-order valence-corrected chi connectivity index (χ1v) is 11.6. The first-order valence-electron chi connectivity index (χ1n) is 9.83. The van der Waals surface area contributed by atoms with Crippen LogP contribution in [-0.4, -0.2) is 42.8 Å². The van der Waals surface area contributed by atoms with Crippen LogP contribution in [0.1, 0.15) is 26.2 Å². The van der Waals surface area contributed by atoms with Gasteiger partial charge in [0.05, 0.1) is 11.2 Å². The van der Waals surface area contributed by atoms with Gasteiger partial charge in [-0.1, -0.05) is 29.8 Å². The van der Waals surface area contributed by atoms with Crippen molar-refractivity contribution in [3.05, 3.63) is 51.4 Å². The number of hydrogen-bond acceptors (Lipinski definition) is 7. The molecule has 1 N–H and O–H groups in total. The summed E-state index contributed by atoms with van der Waals surface area (Å²) in [7, 11) is -6.51. The highest BCUT2D eigenvalue weighted by Crippen LogP contribution is 2.39. The summed E-state index contributed by atoms with van der Waals surface area (Å²) in [6.45, 7) is 1.52. The van der Waals surface area contributed by atoms with Gasteiger partial charge in [-0.3, -0.25) is 14.0 Å². The predicted octanol–water partition coefficient (Wildman–Crippen LogP) is 3.84. The van der Waals surface area contributed by atoms with Crippen molar-refractivity contribution in [2.45, 2.75) is 19.0 Å². The third-order valence-electron chi connectivity index (χ3n) is 4.26. The largest absolute Gasteiger partial charge is 0.468 e. The number of rotatable bonds is 7. The molecule has 0 bridgehead atoms. The number of ether oxygens (including phenoxy) is 2. The topological polar surface area (TPSA) is 85.3 Å². The van der Waals surface area contributed by atoms with Gasteiger partial charge in [0.1, 0.15) is 6.04 Å². The Hall–Kier alpha value is -1.41. The molecule has 2 aromatic rings. The summed E-state index contributed by atoms with van der Waals surface area (Å²) in [4.78, 5) is 24.8. The molecule has 1 aliphatic rings. The van der Waals surface area contributed by atoms with Gasteiger partial charge in [-0.25, -0.2) is 4.79 Å². The van der Waals surface area contributed by atoms with E-state index in [1.807, 2.05) is 0 Å². The van der Waals surface area contributed by atoms with E-state index in [2.05, 4.69) is 0 Å². The molecule has 0 amide bonds. The molecule has 28 heavy (non-hydrogen) atoms. The Morgan fingerprint density at radius 2 is 2.29 bits per heavy atom. The maximum atomic E-state index is 12.8. The molecule has 2 atom stereocenters. The molecule has 0 aliphatic carbocycles. The molecule has 3 rings (SSSR count). The van der Waals surface area contributed by atoms with Crippen molar-refractivity contribution in [1.82, 2.24) is 4.90 Å². The molecule has 7 nitrogen and oxygen atoms in total. The van der Waals surface area contributed by atoms with Gasteiger partial charge in [-0.05, 0) is 29.7 Å². The monoisotopic (exact) mass is 448 g/mol. The fourth-order valence-corrected chi connectivity index (χ4v) is 4.51. The maximum Gasteiger partial charge on any atom is 0.327 e. The van der Waals surface area contributed by atoms with Crippen LogP contribution in [0, 0.1) is 0 Å². The fraction of sp³-hybridized carbons (Fsp3) is 0.389. The van der Waals surface area contributed by atoms with Crippen LogP contribution in [0.15, 0.2) is 30.3 Å². The molecule has 1 aromatic carbocycles. The lowest BCUT2D eigenvalue weighted by molar-refractivity contribution is -0.147. The van der Waals surface area contributed by atoms with Crippen LogP contribution in [0.2, 0.25) is 5.02 Å². The van der Waals surface area contributed by atoms with Crippen molar-refractivity contribution in [2.75, 3.05) is 27.0 Å². The molecule has 0 saturated carbocycles. The number of methoxy groups -OCH3 is 1. The van der Waals surface area contributed by atoms with Crippen LogP contribution in [-0.2, 0) is 31.6 Å². The predicted molar refractivity (Wildman–Crippen MR) is 107 cm³/mol. The normalized spacial score (nSPS) is 19.5. The Morgan fingerprint density at radius 1 is 1.50 bits per heavy atom. The van der Waals surface area contributed by atoms with Gasteiger partial charge < -0.3 is 14.4 Å². The van der Waals surface area contributed by atoms with Crippen molar-refractivity contribution in [1.29, 1.82) is 0 Å². The average Bonchev–Trinajstić information content (AvgIpc) is 3.03. The molecule has 0 saturated heterocycles. The van der Waals surface area contributed by atoms with E-state index in [4.69, 9.17) is 29.7 Å². The lowest BCUT2D eigenvalue weighted by Gasteiger charge is -2.33. The van der Waals surface area contributed by atoms with Crippen molar-refractivity contribution in [2.24, 2.45) is 0 Å². The van der Waals surface area contributed by atoms with E-state index in [0.29, 0.717) is 35.2 Å². The van der Waals surface area contributed by atoms with Gasteiger partial charge >= 0.3 is 13.6 Å². The number of thiophene rings is 1. The molecule has 1 unspecified atom stereocenters.